The summed E-state index contributed by atoms with van der Waals surface area (Å²) in [7, 11) is -2.40. The number of nitrogens with zero attached hydrogens (tertiary/aromatic N) is 1. The van der Waals surface area contributed by atoms with E-state index in [-0.39, 0.29) is 34.3 Å². The van der Waals surface area contributed by atoms with Crippen molar-refractivity contribution in [3.8, 4) is 5.75 Å². The average molecular weight is 490 g/mol. The first kappa shape index (κ1) is 21.1. The van der Waals surface area contributed by atoms with Gasteiger partial charge in [0.1, 0.15) is 10.6 Å². The first-order valence-corrected chi connectivity index (χ1v) is 11.0. The van der Waals surface area contributed by atoms with Crippen molar-refractivity contribution in [3.63, 3.8) is 0 Å². The molecular weight excluding hydrogens is 472 g/mol. The lowest BCUT2D eigenvalue weighted by molar-refractivity contribution is 0.0729. The van der Waals surface area contributed by atoms with Crippen LogP contribution in [0.2, 0.25) is 5.02 Å². The Balaban J connectivity index is 1.92. The molecule has 3 rings (SSSR count). The second-order valence-corrected chi connectivity index (χ2v) is 9.19. The fourth-order valence-corrected chi connectivity index (χ4v) is 4.91. The van der Waals surface area contributed by atoms with Gasteiger partial charge >= 0.3 is 0 Å². The number of rotatable bonds is 5. The number of hydrogen-bond acceptors (Lipinski definition) is 5. The van der Waals surface area contributed by atoms with Crippen molar-refractivity contribution in [2.45, 2.75) is 4.90 Å². The Bertz CT molecular complexity index is 993. The topological polar surface area (TPSA) is 84.9 Å². The van der Waals surface area contributed by atoms with Gasteiger partial charge in [-0.05, 0) is 36.4 Å². The largest absolute Gasteiger partial charge is 0.495 e. The number of morpholine rings is 1. The van der Waals surface area contributed by atoms with Crippen LogP contribution in [-0.2, 0) is 14.8 Å². The molecule has 0 aliphatic carbocycles. The number of nitrogens with one attached hydrogen (secondary N) is 1. The molecular formula is C18H18BrClN2O5S. The normalized spacial score (nSPS) is 15.2. The number of sulfonamides is 1. The molecule has 10 heteroatoms. The fraction of sp³-hybridized carbons (Fsp3) is 0.278. The molecule has 1 heterocycles. The molecule has 0 aromatic heterocycles. The second-order valence-electron chi connectivity index (χ2n) is 5.96. The monoisotopic (exact) mass is 488 g/mol. The lowest BCUT2D eigenvalue weighted by Crippen LogP contribution is -2.40. The van der Waals surface area contributed by atoms with E-state index in [1.54, 1.807) is 24.3 Å². The van der Waals surface area contributed by atoms with E-state index in [1.165, 1.54) is 23.5 Å². The fourth-order valence-electron chi connectivity index (χ4n) is 2.75. The van der Waals surface area contributed by atoms with Gasteiger partial charge in [-0.2, -0.15) is 4.31 Å². The van der Waals surface area contributed by atoms with Crippen LogP contribution in [0.5, 0.6) is 5.75 Å². The van der Waals surface area contributed by atoms with E-state index in [4.69, 9.17) is 21.1 Å². The number of carbonyl (C=O) groups excluding carboxylic acids is 1. The van der Waals surface area contributed by atoms with Gasteiger partial charge in [0, 0.05) is 23.2 Å². The Labute approximate surface area is 176 Å². The number of amides is 1. The van der Waals surface area contributed by atoms with Crippen LogP contribution in [0.4, 0.5) is 5.69 Å². The number of benzene rings is 2. The Morgan fingerprint density at radius 3 is 2.61 bits per heavy atom. The van der Waals surface area contributed by atoms with Crippen LogP contribution in [0.25, 0.3) is 0 Å². The van der Waals surface area contributed by atoms with Crippen LogP contribution < -0.4 is 10.1 Å². The molecule has 7 nitrogen and oxygen atoms in total. The highest BCUT2D eigenvalue weighted by atomic mass is 79.9. The van der Waals surface area contributed by atoms with Gasteiger partial charge < -0.3 is 14.8 Å². The molecule has 1 aliphatic rings. The van der Waals surface area contributed by atoms with Gasteiger partial charge in [0.2, 0.25) is 10.0 Å². The zero-order valence-corrected chi connectivity index (χ0v) is 18.1. The van der Waals surface area contributed by atoms with E-state index in [0.29, 0.717) is 23.4 Å². The molecule has 0 atom stereocenters. The van der Waals surface area contributed by atoms with Crippen LogP contribution in [0, 0.1) is 0 Å². The summed E-state index contributed by atoms with van der Waals surface area (Å²) in [6.45, 7) is 1.18. The quantitative estimate of drug-likeness (QED) is 0.696. The van der Waals surface area contributed by atoms with Crippen molar-refractivity contribution in [2.24, 2.45) is 0 Å². The zero-order valence-electron chi connectivity index (χ0n) is 14.9. The summed E-state index contributed by atoms with van der Waals surface area (Å²) >= 11 is 9.39. The van der Waals surface area contributed by atoms with Crippen molar-refractivity contribution in [3.05, 3.63) is 51.5 Å². The lowest BCUT2D eigenvalue weighted by Gasteiger charge is -2.26. The summed E-state index contributed by atoms with van der Waals surface area (Å²) in [6, 6.07) is 9.37. The van der Waals surface area contributed by atoms with Crippen LogP contribution in [0.3, 0.4) is 0 Å². The minimum Gasteiger partial charge on any atom is -0.495 e. The first-order chi connectivity index (χ1) is 13.3. The first-order valence-electron chi connectivity index (χ1n) is 8.35. The van der Waals surface area contributed by atoms with E-state index in [2.05, 4.69) is 21.2 Å². The van der Waals surface area contributed by atoms with Crippen molar-refractivity contribution in [1.29, 1.82) is 0 Å². The molecule has 1 aliphatic heterocycles. The number of halogens is 2. The Morgan fingerprint density at radius 1 is 1.21 bits per heavy atom. The van der Waals surface area contributed by atoms with Crippen molar-refractivity contribution < 1.29 is 22.7 Å². The molecule has 1 fully saturated rings. The van der Waals surface area contributed by atoms with E-state index >= 15 is 0 Å². The molecule has 2 aromatic rings. The molecule has 1 amide bonds. The van der Waals surface area contributed by atoms with Gasteiger partial charge in [-0.15, -0.1) is 0 Å². The zero-order chi connectivity index (χ0) is 20.3. The van der Waals surface area contributed by atoms with Gasteiger partial charge in [-0.25, -0.2) is 8.42 Å². The maximum absolute atomic E-state index is 13.0. The van der Waals surface area contributed by atoms with E-state index in [1.807, 2.05) is 0 Å². The predicted molar refractivity (Wildman–Crippen MR) is 110 cm³/mol. The molecule has 0 unspecified atom stereocenters. The molecule has 1 saturated heterocycles. The minimum atomic E-state index is -3.80. The van der Waals surface area contributed by atoms with Crippen LogP contribution >= 0.6 is 27.5 Å². The predicted octanol–water partition coefficient (Wildman–Crippen LogP) is 3.38. The number of ether oxygens (including phenoxy) is 2. The van der Waals surface area contributed by atoms with E-state index < -0.39 is 15.9 Å². The van der Waals surface area contributed by atoms with Crippen molar-refractivity contribution in [2.75, 3.05) is 38.7 Å². The molecule has 150 valence electrons. The SMILES string of the molecule is COc1ccc(NC(=O)c2cc(Br)ccc2Cl)cc1S(=O)(=O)N1CCOCC1. The van der Waals surface area contributed by atoms with Gasteiger partial charge in [-0.1, -0.05) is 27.5 Å². The summed E-state index contributed by atoms with van der Waals surface area (Å²) in [5.41, 5.74) is 0.582. The highest BCUT2D eigenvalue weighted by molar-refractivity contribution is 9.10. The molecule has 0 radical (unpaired) electrons. The third kappa shape index (κ3) is 4.49. The molecule has 1 N–H and O–H groups in total. The Kier molecular flexibility index (Phi) is 6.61. The van der Waals surface area contributed by atoms with E-state index in [0.717, 1.165) is 0 Å². The second kappa shape index (κ2) is 8.79. The smallest absolute Gasteiger partial charge is 0.257 e. The molecule has 2 aromatic carbocycles. The minimum absolute atomic E-state index is 0.0185. The standard InChI is InChI=1S/C18H18BrClN2O5S/c1-26-16-5-3-13(21-18(23)14-10-12(19)2-4-15(14)20)11-17(16)28(24,25)22-6-8-27-9-7-22/h2-5,10-11H,6-9H2,1H3,(H,21,23). The number of anilines is 1. The van der Waals surface area contributed by atoms with Crippen molar-refractivity contribution >= 4 is 49.1 Å². The third-order valence-corrected chi connectivity index (χ3v) is 6.93. The lowest BCUT2D eigenvalue weighted by atomic mass is 10.2. The average Bonchev–Trinajstić information content (AvgIpc) is 2.70. The number of carbonyl (C=O) groups is 1. The summed E-state index contributed by atoms with van der Waals surface area (Å²) in [5.74, 6) is -0.254. The molecule has 0 spiro atoms. The molecule has 28 heavy (non-hydrogen) atoms. The van der Waals surface area contributed by atoms with Crippen LogP contribution in [0.15, 0.2) is 45.8 Å². The Morgan fingerprint density at radius 2 is 1.93 bits per heavy atom. The van der Waals surface area contributed by atoms with Gasteiger partial charge in [-0.3, -0.25) is 4.79 Å². The summed E-state index contributed by atoms with van der Waals surface area (Å²) in [4.78, 5) is 12.6. The Hall–Kier alpha value is -1.65. The molecule has 0 bridgehead atoms. The summed E-state index contributed by atoms with van der Waals surface area (Å²) in [5, 5.41) is 2.97. The maximum Gasteiger partial charge on any atom is 0.257 e. The highest BCUT2D eigenvalue weighted by Crippen LogP contribution is 2.31. The highest BCUT2D eigenvalue weighted by Gasteiger charge is 2.29. The van der Waals surface area contributed by atoms with Gasteiger partial charge in [0.15, 0.2) is 0 Å². The van der Waals surface area contributed by atoms with Gasteiger partial charge in [0.05, 0.1) is 30.9 Å². The van der Waals surface area contributed by atoms with Gasteiger partial charge in [0.25, 0.3) is 5.91 Å². The van der Waals surface area contributed by atoms with E-state index in [9.17, 15) is 13.2 Å². The summed E-state index contributed by atoms with van der Waals surface area (Å²) < 4.78 is 38.5. The maximum atomic E-state index is 13.0. The summed E-state index contributed by atoms with van der Waals surface area (Å²) in [6.07, 6.45) is 0. The number of methoxy groups -OCH3 is 1. The molecule has 0 saturated carbocycles. The van der Waals surface area contributed by atoms with Crippen molar-refractivity contribution in [1.82, 2.24) is 4.31 Å². The van der Waals surface area contributed by atoms with Crippen LogP contribution in [-0.4, -0.2) is 52.0 Å². The third-order valence-electron chi connectivity index (χ3n) is 4.18. The number of hydrogen-bond donors (Lipinski definition) is 1. The van der Waals surface area contributed by atoms with Crippen LogP contribution in [0.1, 0.15) is 10.4 Å².